The van der Waals surface area contributed by atoms with Gasteiger partial charge in [-0.3, -0.25) is 9.59 Å². The molecule has 1 heterocycles. The Bertz CT molecular complexity index is 883. The van der Waals surface area contributed by atoms with Crippen LogP contribution in [0.4, 0.5) is 5.82 Å². The Hall–Kier alpha value is -3.22. The Kier molecular flexibility index (Phi) is 4.51. The second kappa shape index (κ2) is 6.91. The maximum Gasteiger partial charge on any atom is 0.327 e. The van der Waals surface area contributed by atoms with E-state index in [2.05, 4.69) is 15.6 Å². The first kappa shape index (κ1) is 15.7. The number of hydrogen-bond acceptors (Lipinski definition) is 5. The third-order valence-corrected chi connectivity index (χ3v) is 3.41. The van der Waals surface area contributed by atoms with Crippen LogP contribution in [0.2, 0.25) is 0 Å². The summed E-state index contributed by atoms with van der Waals surface area (Å²) in [7, 11) is 0. The number of hydrogen-bond donors (Lipinski definition) is 1. The number of ether oxygens (including phenoxy) is 1. The summed E-state index contributed by atoms with van der Waals surface area (Å²) in [5.74, 6) is -0.415. The van der Waals surface area contributed by atoms with Gasteiger partial charge >= 0.3 is 5.97 Å². The van der Waals surface area contributed by atoms with Gasteiger partial charge in [0.2, 0.25) is 0 Å². The predicted molar refractivity (Wildman–Crippen MR) is 88.6 cm³/mol. The molecule has 7 nitrogen and oxygen atoms in total. The van der Waals surface area contributed by atoms with Crippen LogP contribution in [-0.2, 0) is 16.1 Å². The van der Waals surface area contributed by atoms with Crippen molar-refractivity contribution in [2.75, 3.05) is 11.9 Å². The normalized spacial score (nSPS) is 10.5. The van der Waals surface area contributed by atoms with Crippen molar-refractivity contribution in [2.24, 2.45) is 0 Å². The standard InChI is InChI=1S/C17H16N4O3/c1-2-24-16(22)11-21-10-15(19-20-21)18-17(23)14-9-5-7-12-6-3-4-8-13(12)14/h3-10H,2,11H2,1H3,(H,18,23). The van der Waals surface area contributed by atoms with Crippen LogP contribution in [0, 0.1) is 0 Å². The molecule has 0 unspecified atom stereocenters. The molecule has 0 saturated heterocycles. The second-order valence-corrected chi connectivity index (χ2v) is 5.09. The number of anilines is 1. The van der Waals surface area contributed by atoms with Crippen molar-refractivity contribution in [3.63, 3.8) is 0 Å². The molecule has 3 aromatic rings. The molecule has 0 atom stereocenters. The molecule has 0 bridgehead atoms. The SMILES string of the molecule is CCOC(=O)Cn1cc(NC(=O)c2cccc3ccccc23)nn1. The number of aromatic nitrogens is 3. The molecule has 0 radical (unpaired) electrons. The molecule has 7 heteroatoms. The molecule has 0 spiro atoms. The summed E-state index contributed by atoms with van der Waals surface area (Å²) in [5.41, 5.74) is 0.549. The smallest absolute Gasteiger partial charge is 0.327 e. The minimum atomic E-state index is -0.408. The molecule has 24 heavy (non-hydrogen) atoms. The van der Waals surface area contributed by atoms with Crippen molar-refractivity contribution in [1.82, 2.24) is 15.0 Å². The number of nitrogens with zero attached hydrogens (tertiary/aromatic N) is 3. The van der Waals surface area contributed by atoms with Crippen LogP contribution in [0.3, 0.4) is 0 Å². The van der Waals surface area contributed by atoms with Crippen LogP contribution in [0.1, 0.15) is 17.3 Å². The van der Waals surface area contributed by atoms with Gasteiger partial charge in [-0.05, 0) is 23.8 Å². The monoisotopic (exact) mass is 324 g/mol. The van der Waals surface area contributed by atoms with Crippen molar-refractivity contribution in [2.45, 2.75) is 13.5 Å². The van der Waals surface area contributed by atoms with Gasteiger partial charge in [0.25, 0.3) is 5.91 Å². The van der Waals surface area contributed by atoms with Gasteiger partial charge in [-0.1, -0.05) is 41.6 Å². The lowest BCUT2D eigenvalue weighted by Gasteiger charge is -2.05. The number of carbonyl (C=O) groups excluding carboxylic acids is 2. The molecule has 1 aromatic heterocycles. The molecule has 0 saturated carbocycles. The fourth-order valence-corrected chi connectivity index (χ4v) is 2.38. The molecule has 0 aliphatic carbocycles. The van der Waals surface area contributed by atoms with Gasteiger partial charge in [0.05, 0.1) is 12.8 Å². The van der Waals surface area contributed by atoms with Crippen LogP contribution in [0.25, 0.3) is 10.8 Å². The molecule has 3 rings (SSSR count). The second-order valence-electron chi connectivity index (χ2n) is 5.09. The first-order chi connectivity index (χ1) is 11.7. The van der Waals surface area contributed by atoms with Crippen molar-refractivity contribution in [3.8, 4) is 0 Å². The third kappa shape index (κ3) is 3.40. The van der Waals surface area contributed by atoms with Crippen molar-refractivity contribution >= 4 is 28.5 Å². The van der Waals surface area contributed by atoms with E-state index < -0.39 is 5.97 Å². The summed E-state index contributed by atoms with van der Waals surface area (Å²) >= 11 is 0. The summed E-state index contributed by atoms with van der Waals surface area (Å²) in [5, 5.41) is 12.2. The van der Waals surface area contributed by atoms with Crippen LogP contribution >= 0.6 is 0 Å². The Morgan fingerprint density at radius 3 is 2.79 bits per heavy atom. The zero-order valence-electron chi connectivity index (χ0n) is 13.1. The highest BCUT2D eigenvalue weighted by atomic mass is 16.5. The lowest BCUT2D eigenvalue weighted by molar-refractivity contribution is -0.144. The molecule has 0 aliphatic heterocycles. The average molecular weight is 324 g/mol. The molecular weight excluding hydrogens is 308 g/mol. The van der Waals surface area contributed by atoms with E-state index in [1.807, 2.05) is 36.4 Å². The summed E-state index contributed by atoms with van der Waals surface area (Å²) in [6.07, 6.45) is 1.49. The minimum absolute atomic E-state index is 0.0506. The molecule has 1 N–H and O–H groups in total. The number of carbonyl (C=O) groups is 2. The summed E-state index contributed by atoms with van der Waals surface area (Å²) < 4.78 is 6.15. The topological polar surface area (TPSA) is 86.1 Å². The number of esters is 1. The highest BCUT2D eigenvalue weighted by Crippen LogP contribution is 2.19. The van der Waals surface area contributed by atoms with E-state index in [-0.39, 0.29) is 18.3 Å². The van der Waals surface area contributed by atoms with E-state index in [9.17, 15) is 9.59 Å². The predicted octanol–water partition coefficient (Wildman–Crippen LogP) is 2.25. The number of fused-ring (bicyclic) bond motifs is 1. The summed E-state index contributed by atoms with van der Waals surface area (Å²) in [4.78, 5) is 23.9. The largest absolute Gasteiger partial charge is 0.465 e. The van der Waals surface area contributed by atoms with Crippen LogP contribution in [0.5, 0.6) is 0 Å². The van der Waals surface area contributed by atoms with Gasteiger partial charge in [-0.2, -0.15) is 0 Å². The molecule has 1 amide bonds. The zero-order valence-corrected chi connectivity index (χ0v) is 13.1. The van der Waals surface area contributed by atoms with Crippen LogP contribution in [-0.4, -0.2) is 33.5 Å². The van der Waals surface area contributed by atoms with Gasteiger partial charge in [0, 0.05) is 5.56 Å². The first-order valence-electron chi connectivity index (χ1n) is 7.52. The van der Waals surface area contributed by atoms with E-state index in [0.717, 1.165) is 10.8 Å². The maximum absolute atomic E-state index is 12.5. The Labute approximate surface area is 138 Å². The number of nitrogens with one attached hydrogen (secondary N) is 1. The van der Waals surface area contributed by atoms with E-state index in [1.165, 1.54) is 10.9 Å². The van der Waals surface area contributed by atoms with Crippen molar-refractivity contribution in [3.05, 3.63) is 54.2 Å². The van der Waals surface area contributed by atoms with Crippen molar-refractivity contribution < 1.29 is 14.3 Å². The van der Waals surface area contributed by atoms with E-state index in [4.69, 9.17) is 4.74 Å². The first-order valence-corrected chi connectivity index (χ1v) is 7.52. The molecule has 0 fully saturated rings. The average Bonchev–Trinajstić information content (AvgIpc) is 3.01. The maximum atomic E-state index is 12.5. The Balaban J connectivity index is 1.75. The third-order valence-electron chi connectivity index (χ3n) is 3.41. The fourth-order valence-electron chi connectivity index (χ4n) is 2.38. The van der Waals surface area contributed by atoms with E-state index >= 15 is 0 Å². The number of benzene rings is 2. The van der Waals surface area contributed by atoms with Gasteiger partial charge in [0.1, 0.15) is 6.54 Å². The van der Waals surface area contributed by atoms with Gasteiger partial charge in [0.15, 0.2) is 5.82 Å². The number of rotatable bonds is 5. The molecule has 0 aliphatic rings. The lowest BCUT2D eigenvalue weighted by atomic mass is 10.0. The lowest BCUT2D eigenvalue weighted by Crippen LogP contribution is -2.14. The van der Waals surface area contributed by atoms with Gasteiger partial charge in [-0.25, -0.2) is 4.68 Å². The fraction of sp³-hybridized carbons (Fsp3) is 0.176. The minimum Gasteiger partial charge on any atom is -0.465 e. The van der Waals surface area contributed by atoms with E-state index in [1.54, 1.807) is 13.0 Å². The van der Waals surface area contributed by atoms with Crippen molar-refractivity contribution in [1.29, 1.82) is 0 Å². The Morgan fingerprint density at radius 1 is 1.17 bits per heavy atom. The molecule has 2 aromatic carbocycles. The van der Waals surface area contributed by atoms with Crippen LogP contribution < -0.4 is 5.32 Å². The molecule has 122 valence electrons. The van der Waals surface area contributed by atoms with E-state index in [0.29, 0.717) is 12.2 Å². The van der Waals surface area contributed by atoms with Crippen LogP contribution in [0.15, 0.2) is 48.7 Å². The molecular formula is C17H16N4O3. The van der Waals surface area contributed by atoms with Gasteiger partial charge in [-0.15, -0.1) is 5.10 Å². The zero-order chi connectivity index (χ0) is 16.9. The quantitative estimate of drug-likeness (QED) is 0.727. The highest BCUT2D eigenvalue weighted by molar-refractivity contribution is 6.12. The summed E-state index contributed by atoms with van der Waals surface area (Å²) in [6, 6.07) is 13.2. The summed E-state index contributed by atoms with van der Waals surface area (Å²) in [6.45, 7) is 1.98. The number of amides is 1. The highest BCUT2D eigenvalue weighted by Gasteiger charge is 2.12. The Morgan fingerprint density at radius 2 is 1.96 bits per heavy atom. The van der Waals surface area contributed by atoms with Gasteiger partial charge < -0.3 is 10.1 Å².